The van der Waals surface area contributed by atoms with Crippen molar-refractivity contribution in [2.24, 2.45) is 7.05 Å². The topological polar surface area (TPSA) is 51.0 Å². The molecule has 4 rings (SSSR count). The van der Waals surface area contributed by atoms with E-state index in [1.54, 1.807) is 0 Å². The highest BCUT2D eigenvalue weighted by Crippen LogP contribution is 2.37. The van der Waals surface area contributed by atoms with Crippen molar-refractivity contribution in [3.8, 4) is 11.1 Å². The first-order valence-corrected chi connectivity index (χ1v) is 9.82. The molecule has 0 N–H and O–H groups in total. The molecule has 3 heterocycles. The van der Waals surface area contributed by atoms with Crippen LogP contribution in [0.1, 0.15) is 41.3 Å². The van der Waals surface area contributed by atoms with Crippen molar-refractivity contribution in [3.05, 3.63) is 71.3 Å². The first-order chi connectivity index (χ1) is 13.5. The molecule has 5 heteroatoms. The van der Waals surface area contributed by atoms with Crippen LogP contribution in [-0.4, -0.2) is 32.1 Å². The summed E-state index contributed by atoms with van der Waals surface area (Å²) in [5.74, 6) is 0.175. The second kappa shape index (κ2) is 7.58. The van der Waals surface area contributed by atoms with Crippen molar-refractivity contribution in [1.82, 2.24) is 19.7 Å². The molecule has 1 atom stereocenters. The Morgan fingerprint density at radius 3 is 2.68 bits per heavy atom. The van der Waals surface area contributed by atoms with Gasteiger partial charge in [-0.2, -0.15) is 5.10 Å². The Bertz CT molecular complexity index is 990. The summed E-state index contributed by atoms with van der Waals surface area (Å²) < 4.78 is 1.85. The molecule has 1 aliphatic rings. The smallest absolute Gasteiger partial charge is 0.227 e. The van der Waals surface area contributed by atoms with E-state index in [4.69, 9.17) is 5.10 Å². The monoisotopic (exact) mass is 374 g/mol. The van der Waals surface area contributed by atoms with Gasteiger partial charge in [-0.15, -0.1) is 0 Å². The molecule has 5 nitrogen and oxygen atoms in total. The first-order valence-electron chi connectivity index (χ1n) is 9.82. The molecule has 0 unspecified atom stereocenters. The fraction of sp³-hybridized carbons (Fsp3) is 0.348. The van der Waals surface area contributed by atoms with Gasteiger partial charge in [0.25, 0.3) is 0 Å². The SMILES string of the molecule is Cc1ccc(CC(=O)N2CCC[C@@H]2c2nn(C)cc2-c2ccncc2C)cc1. The maximum absolute atomic E-state index is 13.1. The minimum absolute atomic E-state index is 0.0294. The van der Waals surface area contributed by atoms with Gasteiger partial charge in [-0.3, -0.25) is 14.5 Å². The Morgan fingerprint density at radius 1 is 1.14 bits per heavy atom. The van der Waals surface area contributed by atoms with E-state index in [1.165, 1.54) is 5.56 Å². The summed E-state index contributed by atoms with van der Waals surface area (Å²) in [5.41, 5.74) is 6.62. The zero-order valence-corrected chi connectivity index (χ0v) is 16.7. The van der Waals surface area contributed by atoms with Crippen LogP contribution in [0.5, 0.6) is 0 Å². The molecule has 144 valence electrons. The maximum Gasteiger partial charge on any atom is 0.227 e. The molecule has 0 radical (unpaired) electrons. The number of aryl methyl sites for hydroxylation is 3. The van der Waals surface area contributed by atoms with E-state index < -0.39 is 0 Å². The van der Waals surface area contributed by atoms with Crippen LogP contribution in [0.25, 0.3) is 11.1 Å². The minimum Gasteiger partial charge on any atom is -0.334 e. The van der Waals surface area contributed by atoms with Crippen molar-refractivity contribution in [2.45, 2.75) is 39.2 Å². The van der Waals surface area contributed by atoms with Crippen LogP contribution in [-0.2, 0) is 18.3 Å². The van der Waals surface area contributed by atoms with Crippen LogP contribution in [0, 0.1) is 13.8 Å². The van der Waals surface area contributed by atoms with Crippen LogP contribution in [0.15, 0.2) is 48.9 Å². The molecule has 2 aromatic heterocycles. The molecule has 0 aliphatic carbocycles. The molecule has 1 saturated heterocycles. The zero-order chi connectivity index (χ0) is 19.7. The largest absolute Gasteiger partial charge is 0.334 e. The summed E-state index contributed by atoms with van der Waals surface area (Å²) in [5, 5.41) is 4.76. The average molecular weight is 374 g/mol. The van der Waals surface area contributed by atoms with Crippen LogP contribution in [0.3, 0.4) is 0 Å². The Labute approximate surface area is 166 Å². The van der Waals surface area contributed by atoms with Gasteiger partial charge in [-0.05, 0) is 49.4 Å². The highest BCUT2D eigenvalue weighted by atomic mass is 16.2. The predicted molar refractivity (Wildman–Crippen MR) is 110 cm³/mol. The molecule has 0 spiro atoms. The normalized spacial score (nSPS) is 16.5. The molecule has 1 fully saturated rings. The Balaban J connectivity index is 1.63. The summed E-state index contributed by atoms with van der Waals surface area (Å²) in [6, 6.07) is 10.3. The van der Waals surface area contributed by atoms with Gasteiger partial charge in [0, 0.05) is 37.7 Å². The molecule has 1 amide bonds. The van der Waals surface area contributed by atoms with Gasteiger partial charge in [0.15, 0.2) is 0 Å². The van der Waals surface area contributed by atoms with Crippen LogP contribution < -0.4 is 0 Å². The van der Waals surface area contributed by atoms with Crippen molar-refractivity contribution < 1.29 is 4.79 Å². The Morgan fingerprint density at radius 2 is 1.93 bits per heavy atom. The summed E-state index contributed by atoms with van der Waals surface area (Å²) >= 11 is 0. The molecular formula is C23H26N4O. The van der Waals surface area contributed by atoms with Gasteiger partial charge < -0.3 is 4.90 Å². The standard InChI is InChI=1S/C23H26N4O/c1-16-6-8-18(9-7-16)13-22(28)27-12-4-5-21(27)23-20(15-26(3)25-23)19-10-11-24-14-17(19)2/h6-11,14-15,21H,4-5,12-13H2,1-3H3/t21-/m1/s1. The van der Waals surface area contributed by atoms with E-state index in [0.717, 1.165) is 47.3 Å². The number of amides is 1. The predicted octanol–water partition coefficient (Wildman–Crippen LogP) is 4.01. The molecule has 0 bridgehead atoms. The fourth-order valence-corrected chi connectivity index (χ4v) is 4.07. The van der Waals surface area contributed by atoms with Crippen molar-refractivity contribution >= 4 is 5.91 Å². The number of hydrogen-bond donors (Lipinski definition) is 0. The number of pyridine rings is 1. The molecule has 3 aromatic rings. The number of carbonyl (C=O) groups excluding carboxylic acids is 1. The molecule has 0 saturated carbocycles. The molecule has 28 heavy (non-hydrogen) atoms. The highest BCUT2D eigenvalue weighted by molar-refractivity contribution is 5.80. The summed E-state index contributed by atoms with van der Waals surface area (Å²) in [6.45, 7) is 4.92. The third-order valence-electron chi connectivity index (χ3n) is 5.53. The lowest BCUT2D eigenvalue weighted by Gasteiger charge is -2.24. The number of aromatic nitrogens is 3. The van der Waals surface area contributed by atoms with E-state index >= 15 is 0 Å². The van der Waals surface area contributed by atoms with Crippen molar-refractivity contribution in [3.63, 3.8) is 0 Å². The lowest BCUT2D eigenvalue weighted by atomic mass is 9.98. The van der Waals surface area contributed by atoms with Gasteiger partial charge in [0.1, 0.15) is 0 Å². The Hall–Kier alpha value is -2.95. The van der Waals surface area contributed by atoms with Gasteiger partial charge >= 0.3 is 0 Å². The minimum atomic E-state index is 0.0294. The zero-order valence-electron chi connectivity index (χ0n) is 16.7. The number of benzene rings is 1. The van der Waals surface area contributed by atoms with E-state index in [0.29, 0.717) is 6.42 Å². The molecule has 1 aromatic carbocycles. The summed E-state index contributed by atoms with van der Waals surface area (Å²) in [4.78, 5) is 19.3. The molecule has 1 aliphatic heterocycles. The second-order valence-corrected chi connectivity index (χ2v) is 7.70. The number of hydrogen-bond acceptors (Lipinski definition) is 3. The lowest BCUT2D eigenvalue weighted by Crippen LogP contribution is -2.32. The quantitative estimate of drug-likeness (QED) is 0.693. The van der Waals surface area contributed by atoms with Crippen LogP contribution >= 0.6 is 0 Å². The first kappa shape index (κ1) is 18.4. The third-order valence-corrected chi connectivity index (χ3v) is 5.53. The lowest BCUT2D eigenvalue weighted by molar-refractivity contribution is -0.131. The number of rotatable bonds is 4. The number of carbonyl (C=O) groups is 1. The summed E-state index contributed by atoms with van der Waals surface area (Å²) in [6.07, 6.45) is 8.14. The van der Waals surface area contributed by atoms with E-state index in [2.05, 4.69) is 37.2 Å². The maximum atomic E-state index is 13.1. The summed E-state index contributed by atoms with van der Waals surface area (Å²) in [7, 11) is 1.94. The second-order valence-electron chi connectivity index (χ2n) is 7.70. The van der Waals surface area contributed by atoms with Gasteiger partial charge in [0.2, 0.25) is 5.91 Å². The van der Waals surface area contributed by atoms with E-state index in [9.17, 15) is 4.79 Å². The van der Waals surface area contributed by atoms with E-state index in [-0.39, 0.29) is 11.9 Å². The van der Waals surface area contributed by atoms with Gasteiger partial charge in [0.05, 0.1) is 18.2 Å². The molecular weight excluding hydrogens is 348 g/mol. The van der Waals surface area contributed by atoms with Gasteiger partial charge in [-0.1, -0.05) is 29.8 Å². The van der Waals surface area contributed by atoms with Crippen molar-refractivity contribution in [1.29, 1.82) is 0 Å². The number of nitrogens with zero attached hydrogens (tertiary/aromatic N) is 4. The fourth-order valence-electron chi connectivity index (χ4n) is 4.07. The van der Waals surface area contributed by atoms with Crippen LogP contribution in [0.4, 0.5) is 0 Å². The van der Waals surface area contributed by atoms with Gasteiger partial charge in [-0.25, -0.2) is 0 Å². The third kappa shape index (κ3) is 3.57. The average Bonchev–Trinajstić information content (AvgIpc) is 3.30. The highest BCUT2D eigenvalue weighted by Gasteiger charge is 2.33. The van der Waals surface area contributed by atoms with Crippen LogP contribution in [0.2, 0.25) is 0 Å². The van der Waals surface area contributed by atoms with Crippen molar-refractivity contribution in [2.75, 3.05) is 6.54 Å². The van der Waals surface area contributed by atoms with E-state index in [1.807, 2.05) is 47.2 Å². The Kier molecular flexibility index (Phi) is 4.99. The number of likely N-dealkylation sites (tertiary alicyclic amines) is 1.